The second-order valence-corrected chi connectivity index (χ2v) is 5.99. The third-order valence-corrected chi connectivity index (χ3v) is 4.29. The van der Waals surface area contributed by atoms with Crippen LogP contribution < -0.4 is 10.5 Å². The molecule has 2 unspecified atom stereocenters. The molecule has 4 nitrogen and oxygen atoms in total. The van der Waals surface area contributed by atoms with Crippen LogP contribution in [0, 0.1) is 5.82 Å². The van der Waals surface area contributed by atoms with Gasteiger partial charge >= 0.3 is 0 Å². The average molecular weight is 296 g/mol. The SMILES string of the molecule is COc1ccc(C(N)CN2CCCC(C)(OC)C2)cc1F. The Morgan fingerprint density at radius 1 is 1.43 bits per heavy atom. The summed E-state index contributed by atoms with van der Waals surface area (Å²) in [5.41, 5.74) is 6.91. The first-order chi connectivity index (χ1) is 9.97. The number of halogens is 1. The largest absolute Gasteiger partial charge is 0.494 e. The Balaban J connectivity index is 2.01. The summed E-state index contributed by atoms with van der Waals surface area (Å²) in [4.78, 5) is 2.29. The number of rotatable bonds is 5. The lowest BCUT2D eigenvalue weighted by molar-refractivity contribution is -0.0516. The molecule has 0 amide bonds. The van der Waals surface area contributed by atoms with Crippen LogP contribution in [0.5, 0.6) is 5.75 Å². The fourth-order valence-electron chi connectivity index (χ4n) is 2.93. The predicted octanol–water partition coefficient (Wildman–Crippen LogP) is 2.33. The van der Waals surface area contributed by atoms with Crippen LogP contribution in [0.3, 0.4) is 0 Å². The second-order valence-electron chi connectivity index (χ2n) is 5.99. The summed E-state index contributed by atoms with van der Waals surface area (Å²) in [5, 5.41) is 0. The van der Waals surface area contributed by atoms with E-state index in [0.717, 1.165) is 31.5 Å². The summed E-state index contributed by atoms with van der Waals surface area (Å²) >= 11 is 0. The average Bonchev–Trinajstić information content (AvgIpc) is 2.47. The van der Waals surface area contributed by atoms with E-state index < -0.39 is 0 Å². The van der Waals surface area contributed by atoms with Gasteiger partial charge in [-0.05, 0) is 44.0 Å². The predicted molar refractivity (Wildman–Crippen MR) is 81.0 cm³/mol. The normalized spacial score (nSPS) is 24.8. The monoisotopic (exact) mass is 296 g/mol. The maximum Gasteiger partial charge on any atom is 0.165 e. The first-order valence-corrected chi connectivity index (χ1v) is 7.34. The van der Waals surface area contributed by atoms with Crippen molar-refractivity contribution in [2.24, 2.45) is 5.73 Å². The molecular formula is C16H25FN2O2. The number of benzene rings is 1. The number of likely N-dealkylation sites (tertiary alicyclic amines) is 1. The second kappa shape index (κ2) is 6.73. The highest BCUT2D eigenvalue weighted by molar-refractivity contribution is 5.31. The van der Waals surface area contributed by atoms with Gasteiger partial charge in [-0.1, -0.05) is 6.07 Å². The van der Waals surface area contributed by atoms with Gasteiger partial charge in [0.15, 0.2) is 11.6 Å². The molecule has 1 saturated heterocycles. The first-order valence-electron chi connectivity index (χ1n) is 7.34. The summed E-state index contributed by atoms with van der Waals surface area (Å²) in [6, 6.07) is 4.69. The lowest BCUT2D eigenvalue weighted by Crippen LogP contribution is -2.49. The van der Waals surface area contributed by atoms with Crippen molar-refractivity contribution in [2.75, 3.05) is 33.9 Å². The lowest BCUT2D eigenvalue weighted by Gasteiger charge is -2.40. The van der Waals surface area contributed by atoms with Gasteiger partial charge in [-0.25, -0.2) is 4.39 Å². The van der Waals surface area contributed by atoms with Crippen LogP contribution in [0.1, 0.15) is 31.4 Å². The van der Waals surface area contributed by atoms with Crippen molar-refractivity contribution in [3.63, 3.8) is 0 Å². The zero-order valence-electron chi connectivity index (χ0n) is 13.1. The minimum absolute atomic E-state index is 0.108. The quantitative estimate of drug-likeness (QED) is 0.906. The molecule has 1 heterocycles. The Hall–Kier alpha value is -1.17. The van der Waals surface area contributed by atoms with Crippen LogP contribution in [-0.4, -0.2) is 44.4 Å². The van der Waals surface area contributed by atoms with Crippen molar-refractivity contribution in [2.45, 2.75) is 31.4 Å². The molecule has 1 aromatic rings. The molecule has 21 heavy (non-hydrogen) atoms. The maximum atomic E-state index is 13.8. The fraction of sp³-hybridized carbons (Fsp3) is 0.625. The van der Waals surface area contributed by atoms with E-state index in [2.05, 4.69) is 11.8 Å². The molecule has 2 rings (SSSR count). The Labute approximate surface area is 126 Å². The highest BCUT2D eigenvalue weighted by atomic mass is 19.1. The van der Waals surface area contributed by atoms with E-state index in [4.69, 9.17) is 15.2 Å². The molecule has 1 aliphatic heterocycles. The van der Waals surface area contributed by atoms with Crippen LogP contribution in [-0.2, 0) is 4.74 Å². The van der Waals surface area contributed by atoms with E-state index in [9.17, 15) is 4.39 Å². The van der Waals surface area contributed by atoms with Gasteiger partial charge in [0.2, 0.25) is 0 Å². The number of piperidine rings is 1. The van der Waals surface area contributed by atoms with Crippen LogP contribution in [0.25, 0.3) is 0 Å². The smallest absolute Gasteiger partial charge is 0.165 e. The zero-order chi connectivity index (χ0) is 15.5. The number of nitrogens with zero attached hydrogens (tertiary/aromatic N) is 1. The minimum atomic E-state index is -0.370. The van der Waals surface area contributed by atoms with Gasteiger partial charge in [0, 0.05) is 26.2 Å². The van der Waals surface area contributed by atoms with E-state index in [-0.39, 0.29) is 23.2 Å². The molecule has 0 saturated carbocycles. The highest BCUT2D eigenvalue weighted by Gasteiger charge is 2.31. The van der Waals surface area contributed by atoms with Gasteiger partial charge in [0.25, 0.3) is 0 Å². The summed E-state index contributed by atoms with van der Waals surface area (Å²) in [6.07, 6.45) is 2.15. The lowest BCUT2D eigenvalue weighted by atomic mass is 9.94. The van der Waals surface area contributed by atoms with Gasteiger partial charge in [-0.2, -0.15) is 0 Å². The van der Waals surface area contributed by atoms with Crippen molar-refractivity contribution in [1.82, 2.24) is 4.90 Å². The van der Waals surface area contributed by atoms with Crippen LogP contribution in [0.15, 0.2) is 18.2 Å². The number of hydrogen-bond acceptors (Lipinski definition) is 4. The number of hydrogen-bond donors (Lipinski definition) is 1. The van der Waals surface area contributed by atoms with Crippen LogP contribution >= 0.6 is 0 Å². The topological polar surface area (TPSA) is 47.7 Å². The minimum Gasteiger partial charge on any atom is -0.494 e. The fourth-order valence-corrected chi connectivity index (χ4v) is 2.93. The summed E-state index contributed by atoms with van der Waals surface area (Å²) < 4.78 is 24.3. The Kier molecular flexibility index (Phi) is 5.19. The van der Waals surface area contributed by atoms with Gasteiger partial charge in [0.05, 0.1) is 12.7 Å². The molecule has 0 bridgehead atoms. The molecular weight excluding hydrogens is 271 g/mol. The van der Waals surface area contributed by atoms with Crippen LogP contribution in [0.2, 0.25) is 0 Å². The molecule has 118 valence electrons. The van der Waals surface area contributed by atoms with E-state index in [1.165, 1.54) is 13.2 Å². The molecule has 0 aliphatic carbocycles. The Morgan fingerprint density at radius 2 is 2.19 bits per heavy atom. The molecule has 0 spiro atoms. The molecule has 0 radical (unpaired) electrons. The third kappa shape index (κ3) is 3.93. The first kappa shape index (κ1) is 16.2. The number of methoxy groups -OCH3 is 2. The van der Waals surface area contributed by atoms with Gasteiger partial charge < -0.3 is 15.2 Å². The molecule has 2 atom stereocenters. The Bertz CT molecular complexity index is 483. The standard InChI is InChI=1S/C16H25FN2O2/c1-16(21-3)7-4-8-19(11-16)10-14(18)12-5-6-15(20-2)13(17)9-12/h5-6,9,14H,4,7-8,10-11,18H2,1-3H3. The van der Waals surface area contributed by atoms with Gasteiger partial charge in [-0.15, -0.1) is 0 Å². The molecule has 5 heteroatoms. The van der Waals surface area contributed by atoms with E-state index in [1.54, 1.807) is 13.2 Å². The number of ether oxygens (including phenoxy) is 2. The molecule has 1 aromatic carbocycles. The summed E-state index contributed by atoms with van der Waals surface area (Å²) in [5.74, 6) is -0.123. The van der Waals surface area contributed by atoms with Crippen molar-refractivity contribution in [3.8, 4) is 5.75 Å². The third-order valence-electron chi connectivity index (χ3n) is 4.29. The van der Waals surface area contributed by atoms with Crippen LogP contribution in [0.4, 0.5) is 4.39 Å². The van der Waals surface area contributed by atoms with Crippen molar-refractivity contribution in [3.05, 3.63) is 29.6 Å². The van der Waals surface area contributed by atoms with E-state index in [0.29, 0.717) is 6.54 Å². The molecule has 1 fully saturated rings. The molecule has 2 N–H and O–H groups in total. The molecule has 0 aromatic heterocycles. The number of nitrogens with two attached hydrogens (primary N) is 1. The Morgan fingerprint density at radius 3 is 2.81 bits per heavy atom. The van der Waals surface area contributed by atoms with Gasteiger partial charge in [0.1, 0.15) is 0 Å². The zero-order valence-corrected chi connectivity index (χ0v) is 13.1. The van der Waals surface area contributed by atoms with E-state index >= 15 is 0 Å². The molecule has 1 aliphatic rings. The maximum absolute atomic E-state index is 13.8. The van der Waals surface area contributed by atoms with Crippen molar-refractivity contribution >= 4 is 0 Å². The van der Waals surface area contributed by atoms with Crippen molar-refractivity contribution < 1.29 is 13.9 Å². The van der Waals surface area contributed by atoms with Gasteiger partial charge in [-0.3, -0.25) is 4.90 Å². The van der Waals surface area contributed by atoms with Crippen molar-refractivity contribution in [1.29, 1.82) is 0 Å². The highest BCUT2D eigenvalue weighted by Crippen LogP contribution is 2.26. The van der Waals surface area contributed by atoms with E-state index in [1.807, 2.05) is 6.07 Å². The summed E-state index contributed by atoms with van der Waals surface area (Å²) in [6.45, 7) is 4.68. The summed E-state index contributed by atoms with van der Waals surface area (Å²) in [7, 11) is 3.21.